The van der Waals surface area contributed by atoms with Crippen LogP contribution in [0, 0.1) is 5.82 Å². The number of halogens is 1. The molecule has 0 spiro atoms. The fraction of sp³-hybridized carbons (Fsp3) is 0.286. The highest BCUT2D eigenvalue weighted by molar-refractivity contribution is 6.06. The van der Waals surface area contributed by atoms with Crippen LogP contribution in [0.4, 0.5) is 10.1 Å². The number of hydrogen-bond donors (Lipinski definition) is 2. The van der Waals surface area contributed by atoms with E-state index in [1.54, 1.807) is 6.92 Å². The Hall–Kier alpha value is -3.02. The van der Waals surface area contributed by atoms with E-state index in [1.807, 2.05) is 12.1 Å². The normalized spacial score (nSPS) is 13.6. The van der Waals surface area contributed by atoms with Crippen LogP contribution in [-0.2, 0) is 17.6 Å². The Morgan fingerprint density at radius 1 is 1.07 bits per heavy atom. The molecule has 0 aliphatic heterocycles. The van der Waals surface area contributed by atoms with Crippen molar-refractivity contribution in [2.75, 3.05) is 5.32 Å². The Balaban J connectivity index is 1.57. The predicted molar refractivity (Wildman–Crippen MR) is 103 cm³/mol. The molecule has 5 nitrogen and oxygen atoms in total. The molecule has 0 heterocycles. The fourth-order valence-electron chi connectivity index (χ4n) is 3.18. The number of hydrogen-bond acceptors (Lipinski definition) is 3. The molecule has 0 atom stereocenters. The van der Waals surface area contributed by atoms with E-state index in [0.717, 1.165) is 24.9 Å². The van der Waals surface area contributed by atoms with E-state index in [0.29, 0.717) is 11.3 Å². The van der Waals surface area contributed by atoms with E-state index in [4.69, 9.17) is 0 Å². The first-order chi connectivity index (χ1) is 13.0. The molecule has 0 aromatic heterocycles. The summed E-state index contributed by atoms with van der Waals surface area (Å²) >= 11 is 0. The minimum absolute atomic E-state index is 0.0768. The number of anilines is 1. The van der Waals surface area contributed by atoms with Gasteiger partial charge in [0.2, 0.25) is 5.91 Å². The first-order valence-electron chi connectivity index (χ1n) is 9.02. The van der Waals surface area contributed by atoms with E-state index in [-0.39, 0.29) is 12.3 Å². The lowest BCUT2D eigenvalue weighted by molar-refractivity contribution is -0.115. The fourth-order valence-corrected chi connectivity index (χ4v) is 3.18. The summed E-state index contributed by atoms with van der Waals surface area (Å²) in [5, 5.41) is 6.91. The second kappa shape index (κ2) is 8.58. The summed E-state index contributed by atoms with van der Waals surface area (Å²) < 4.78 is 12.9. The van der Waals surface area contributed by atoms with Gasteiger partial charge < -0.3 is 5.32 Å². The van der Waals surface area contributed by atoms with E-state index in [9.17, 15) is 14.0 Å². The first kappa shape index (κ1) is 18.8. The lowest BCUT2D eigenvalue weighted by Crippen LogP contribution is -2.22. The molecular formula is C21H22FN3O2. The molecule has 140 valence electrons. The van der Waals surface area contributed by atoms with Crippen molar-refractivity contribution in [3.8, 4) is 0 Å². The van der Waals surface area contributed by atoms with E-state index in [1.165, 1.54) is 41.8 Å². The smallest absolute Gasteiger partial charge is 0.271 e. The molecule has 1 aliphatic carbocycles. The second-order valence-corrected chi connectivity index (χ2v) is 6.67. The van der Waals surface area contributed by atoms with E-state index >= 15 is 0 Å². The molecule has 0 bridgehead atoms. The van der Waals surface area contributed by atoms with Gasteiger partial charge in [-0.15, -0.1) is 0 Å². The van der Waals surface area contributed by atoms with Gasteiger partial charge in [-0.25, -0.2) is 9.82 Å². The van der Waals surface area contributed by atoms with Gasteiger partial charge in [-0.05, 0) is 74.1 Å². The second-order valence-electron chi connectivity index (χ2n) is 6.67. The van der Waals surface area contributed by atoms with Gasteiger partial charge in [-0.1, -0.05) is 12.1 Å². The number of hydrazone groups is 1. The highest BCUT2D eigenvalue weighted by Gasteiger charge is 2.15. The highest BCUT2D eigenvalue weighted by atomic mass is 19.1. The average molecular weight is 367 g/mol. The summed E-state index contributed by atoms with van der Waals surface area (Å²) in [7, 11) is 0. The Labute approximate surface area is 157 Å². The largest absolute Gasteiger partial charge is 0.325 e. The van der Waals surface area contributed by atoms with Gasteiger partial charge in [0.15, 0.2) is 0 Å². The van der Waals surface area contributed by atoms with Gasteiger partial charge in [-0.3, -0.25) is 9.59 Å². The molecule has 0 fully saturated rings. The molecule has 2 amide bonds. The van der Waals surface area contributed by atoms with Gasteiger partial charge >= 0.3 is 0 Å². The van der Waals surface area contributed by atoms with Crippen LogP contribution in [0.5, 0.6) is 0 Å². The maximum Gasteiger partial charge on any atom is 0.271 e. The van der Waals surface area contributed by atoms with Crippen molar-refractivity contribution in [2.45, 2.75) is 39.0 Å². The third kappa shape index (κ3) is 5.00. The maximum atomic E-state index is 12.9. The summed E-state index contributed by atoms with van der Waals surface area (Å²) in [6.07, 6.45) is 4.43. The minimum atomic E-state index is -0.452. The lowest BCUT2D eigenvalue weighted by atomic mass is 9.90. The Kier molecular flexibility index (Phi) is 5.96. The Morgan fingerprint density at radius 2 is 1.81 bits per heavy atom. The molecule has 2 aromatic carbocycles. The zero-order valence-corrected chi connectivity index (χ0v) is 15.2. The third-order valence-electron chi connectivity index (χ3n) is 4.54. The van der Waals surface area contributed by atoms with Crippen molar-refractivity contribution in [1.82, 2.24) is 5.43 Å². The summed E-state index contributed by atoms with van der Waals surface area (Å²) in [5.41, 5.74) is 6.54. The third-order valence-corrected chi connectivity index (χ3v) is 4.54. The van der Waals surface area contributed by atoms with Gasteiger partial charge in [0.05, 0.1) is 6.42 Å². The zero-order chi connectivity index (χ0) is 19.2. The zero-order valence-electron chi connectivity index (χ0n) is 15.2. The number of fused-ring (bicyclic) bond motifs is 1. The standard InChI is InChI=1S/C21H22FN3O2/c1-14(24-25-21(27)16-9-11-17(22)12-10-16)13-20(26)23-19-8-4-6-15-5-2-3-7-18(15)19/h4,6,8-12H,2-3,5,7,13H2,1H3,(H,23,26)(H,25,27). The van der Waals surface area contributed by atoms with E-state index < -0.39 is 11.7 Å². The number of carbonyl (C=O) groups excluding carboxylic acids is 2. The molecule has 0 saturated carbocycles. The lowest BCUT2D eigenvalue weighted by Gasteiger charge is -2.19. The molecule has 2 aromatic rings. The predicted octanol–water partition coefficient (Wildman–Crippen LogP) is 3.84. The molecule has 2 N–H and O–H groups in total. The van der Waals surface area contributed by atoms with Crippen LogP contribution in [-0.4, -0.2) is 17.5 Å². The Morgan fingerprint density at radius 3 is 2.59 bits per heavy atom. The average Bonchev–Trinajstić information content (AvgIpc) is 2.67. The monoisotopic (exact) mass is 367 g/mol. The maximum absolute atomic E-state index is 12.9. The molecule has 0 radical (unpaired) electrons. The van der Waals surface area contributed by atoms with E-state index in [2.05, 4.69) is 21.9 Å². The topological polar surface area (TPSA) is 70.6 Å². The summed E-state index contributed by atoms with van der Waals surface area (Å²) in [4.78, 5) is 24.3. The minimum Gasteiger partial charge on any atom is -0.325 e. The molecule has 1 aliphatic rings. The van der Waals surface area contributed by atoms with Crippen LogP contribution in [0.25, 0.3) is 0 Å². The van der Waals surface area contributed by atoms with Crippen LogP contribution < -0.4 is 10.7 Å². The number of carbonyl (C=O) groups is 2. The van der Waals surface area contributed by atoms with Crippen molar-refractivity contribution in [2.24, 2.45) is 5.10 Å². The molecule has 0 unspecified atom stereocenters. The molecule has 27 heavy (non-hydrogen) atoms. The number of rotatable bonds is 5. The Bertz CT molecular complexity index is 875. The van der Waals surface area contributed by atoms with Crippen LogP contribution in [0.1, 0.15) is 47.7 Å². The van der Waals surface area contributed by atoms with Crippen molar-refractivity contribution in [3.05, 3.63) is 65.0 Å². The van der Waals surface area contributed by atoms with Crippen molar-refractivity contribution >= 4 is 23.2 Å². The summed E-state index contributed by atoms with van der Waals surface area (Å²) in [6, 6.07) is 11.2. The number of amides is 2. The van der Waals surface area contributed by atoms with Crippen LogP contribution >= 0.6 is 0 Å². The van der Waals surface area contributed by atoms with Gasteiger partial charge in [-0.2, -0.15) is 5.10 Å². The van der Waals surface area contributed by atoms with Gasteiger partial charge in [0, 0.05) is 17.0 Å². The van der Waals surface area contributed by atoms with Crippen LogP contribution in [0.2, 0.25) is 0 Å². The molecular weight excluding hydrogens is 345 g/mol. The van der Waals surface area contributed by atoms with Crippen LogP contribution in [0.15, 0.2) is 47.6 Å². The molecule has 0 saturated heterocycles. The molecule has 3 rings (SSSR count). The van der Waals surface area contributed by atoms with Crippen LogP contribution in [0.3, 0.4) is 0 Å². The van der Waals surface area contributed by atoms with Crippen molar-refractivity contribution in [1.29, 1.82) is 0 Å². The summed E-state index contributed by atoms with van der Waals surface area (Å²) in [6.45, 7) is 1.67. The number of aryl methyl sites for hydroxylation is 1. The number of nitrogens with zero attached hydrogens (tertiary/aromatic N) is 1. The molecule has 6 heteroatoms. The number of benzene rings is 2. The quantitative estimate of drug-likeness (QED) is 0.623. The number of nitrogens with one attached hydrogen (secondary N) is 2. The van der Waals surface area contributed by atoms with Gasteiger partial charge in [0.1, 0.15) is 5.82 Å². The summed E-state index contributed by atoms with van der Waals surface area (Å²) in [5.74, 6) is -1.04. The first-order valence-corrected chi connectivity index (χ1v) is 9.02. The van der Waals surface area contributed by atoms with Crippen molar-refractivity contribution in [3.63, 3.8) is 0 Å². The van der Waals surface area contributed by atoms with Crippen molar-refractivity contribution < 1.29 is 14.0 Å². The van der Waals surface area contributed by atoms with Gasteiger partial charge in [0.25, 0.3) is 5.91 Å². The highest BCUT2D eigenvalue weighted by Crippen LogP contribution is 2.27. The SMILES string of the molecule is CC(CC(=O)Nc1cccc2c1CCCC2)=NNC(=O)c1ccc(F)cc1.